The fourth-order valence-electron chi connectivity index (χ4n) is 3.14. The first kappa shape index (κ1) is 17.2. The zero-order valence-electron chi connectivity index (χ0n) is 14.5. The molecule has 1 aliphatic rings. The summed E-state index contributed by atoms with van der Waals surface area (Å²) in [5.74, 6) is -0.0362. The van der Waals surface area contributed by atoms with Crippen LogP contribution < -0.4 is 4.74 Å². The van der Waals surface area contributed by atoms with Crippen LogP contribution in [0.2, 0.25) is 0 Å². The minimum Gasteiger partial charge on any atom is -0.494 e. The van der Waals surface area contributed by atoms with E-state index in [4.69, 9.17) is 4.74 Å². The van der Waals surface area contributed by atoms with Crippen molar-refractivity contribution in [2.75, 3.05) is 7.11 Å². The van der Waals surface area contributed by atoms with Gasteiger partial charge in [0.05, 0.1) is 7.11 Å². The van der Waals surface area contributed by atoms with Gasteiger partial charge in [0.25, 0.3) is 0 Å². The van der Waals surface area contributed by atoms with Gasteiger partial charge in [0.15, 0.2) is 11.6 Å². The summed E-state index contributed by atoms with van der Waals surface area (Å²) < 4.78 is 19.7. The number of hydrogen-bond donors (Lipinski definition) is 0. The van der Waals surface area contributed by atoms with Crippen LogP contribution in [-0.2, 0) is 6.42 Å². The van der Waals surface area contributed by atoms with Crippen LogP contribution in [0.5, 0.6) is 5.75 Å². The lowest BCUT2D eigenvalue weighted by atomic mass is 9.93. The van der Waals surface area contributed by atoms with Crippen molar-refractivity contribution in [1.82, 2.24) is 0 Å². The highest BCUT2D eigenvalue weighted by atomic mass is 19.1. The number of benzene rings is 2. The number of fused-ring (bicyclic) bond motifs is 1. The van der Waals surface area contributed by atoms with E-state index in [1.807, 2.05) is 12.1 Å². The number of methoxy groups -OCH3 is 1. The van der Waals surface area contributed by atoms with E-state index in [-0.39, 0.29) is 11.6 Å². The molecule has 0 spiro atoms. The van der Waals surface area contributed by atoms with Crippen LogP contribution in [0.25, 0.3) is 11.6 Å². The van der Waals surface area contributed by atoms with E-state index in [2.05, 4.69) is 48.6 Å². The van der Waals surface area contributed by atoms with Crippen molar-refractivity contribution in [3.63, 3.8) is 0 Å². The largest absolute Gasteiger partial charge is 0.494 e. The van der Waals surface area contributed by atoms with E-state index in [1.54, 1.807) is 12.1 Å². The molecule has 0 amide bonds. The SMILES string of the molecule is COc1cccc(/C=C2\C/C=C\C=C/CCCc3ccccc32)c1F. The van der Waals surface area contributed by atoms with Gasteiger partial charge >= 0.3 is 0 Å². The van der Waals surface area contributed by atoms with Crippen LogP contribution in [0.15, 0.2) is 66.8 Å². The van der Waals surface area contributed by atoms with Gasteiger partial charge in [-0.3, -0.25) is 0 Å². The van der Waals surface area contributed by atoms with Gasteiger partial charge in [-0.25, -0.2) is 4.39 Å². The summed E-state index contributed by atoms with van der Waals surface area (Å²) in [5, 5.41) is 0. The monoisotopic (exact) mass is 334 g/mol. The van der Waals surface area contributed by atoms with Crippen LogP contribution in [0.1, 0.15) is 36.0 Å². The van der Waals surface area contributed by atoms with Gasteiger partial charge in [-0.05, 0) is 54.5 Å². The standard InChI is InChI=1S/C23H23FO/c1-25-22-16-10-14-20(23(22)24)17-19-13-7-5-3-2-4-6-11-18-12-8-9-15-21(18)19/h2-3,5,7-10,12,14-17H,4,6,11,13H2,1H3/b3-2-,7-5-,19-17+. The molecule has 128 valence electrons. The minimum absolute atomic E-state index is 0.276. The molecule has 2 aromatic rings. The number of hydrogen-bond acceptors (Lipinski definition) is 1. The first-order valence-electron chi connectivity index (χ1n) is 8.72. The predicted octanol–water partition coefficient (Wildman–Crippen LogP) is 6.21. The Labute approximate surface area is 149 Å². The van der Waals surface area contributed by atoms with Crippen molar-refractivity contribution in [3.8, 4) is 5.75 Å². The highest BCUT2D eigenvalue weighted by Crippen LogP contribution is 2.29. The van der Waals surface area contributed by atoms with Gasteiger partial charge in [-0.2, -0.15) is 0 Å². The minimum atomic E-state index is -0.312. The Kier molecular flexibility index (Phi) is 5.84. The summed E-state index contributed by atoms with van der Waals surface area (Å²) in [4.78, 5) is 0. The van der Waals surface area contributed by atoms with E-state index < -0.39 is 0 Å². The van der Waals surface area contributed by atoms with Crippen LogP contribution in [0.3, 0.4) is 0 Å². The molecule has 3 rings (SSSR count). The Morgan fingerprint density at radius 2 is 1.84 bits per heavy atom. The first-order chi connectivity index (χ1) is 12.3. The number of allylic oxidation sites excluding steroid dienone is 5. The van der Waals surface area contributed by atoms with E-state index >= 15 is 0 Å². The zero-order chi connectivity index (χ0) is 17.5. The van der Waals surface area contributed by atoms with Crippen molar-refractivity contribution in [2.24, 2.45) is 0 Å². The predicted molar refractivity (Wildman–Crippen MR) is 103 cm³/mol. The van der Waals surface area contributed by atoms with Crippen molar-refractivity contribution in [2.45, 2.75) is 25.7 Å². The van der Waals surface area contributed by atoms with Crippen LogP contribution in [0, 0.1) is 5.82 Å². The third-order valence-electron chi connectivity index (χ3n) is 4.44. The zero-order valence-corrected chi connectivity index (χ0v) is 14.5. The second-order valence-corrected chi connectivity index (χ2v) is 6.14. The summed E-state index contributed by atoms with van der Waals surface area (Å²) in [7, 11) is 1.49. The molecule has 0 aliphatic heterocycles. The Bertz CT molecular complexity index is 815. The lowest BCUT2D eigenvalue weighted by Gasteiger charge is -2.13. The molecular formula is C23H23FO. The van der Waals surface area contributed by atoms with Gasteiger partial charge in [-0.15, -0.1) is 0 Å². The molecule has 1 aliphatic carbocycles. The molecule has 25 heavy (non-hydrogen) atoms. The molecule has 0 atom stereocenters. The summed E-state index contributed by atoms with van der Waals surface area (Å²) in [6, 6.07) is 13.7. The van der Waals surface area contributed by atoms with Crippen LogP contribution in [0.4, 0.5) is 4.39 Å². The Hall–Kier alpha value is -2.61. The maximum atomic E-state index is 14.6. The average molecular weight is 334 g/mol. The summed E-state index contributed by atoms with van der Waals surface area (Å²) in [6.07, 6.45) is 14.4. The fraction of sp³-hybridized carbons (Fsp3) is 0.217. The molecule has 0 bridgehead atoms. The Morgan fingerprint density at radius 1 is 1.00 bits per heavy atom. The van der Waals surface area contributed by atoms with E-state index in [1.165, 1.54) is 18.2 Å². The second kappa shape index (κ2) is 8.48. The van der Waals surface area contributed by atoms with Gasteiger partial charge in [0, 0.05) is 5.56 Å². The molecule has 0 radical (unpaired) electrons. The van der Waals surface area contributed by atoms with Crippen molar-refractivity contribution >= 4 is 11.6 Å². The topological polar surface area (TPSA) is 9.23 Å². The first-order valence-corrected chi connectivity index (χ1v) is 8.72. The smallest absolute Gasteiger partial charge is 0.172 e. The lowest BCUT2D eigenvalue weighted by Crippen LogP contribution is -1.95. The second-order valence-electron chi connectivity index (χ2n) is 6.14. The number of rotatable bonds is 2. The van der Waals surface area contributed by atoms with Crippen LogP contribution >= 0.6 is 0 Å². The molecule has 0 saturated heterocycles. The maximum Gasteiger partial charge on any atom is 0.172 e. The lowest BCUT2D eigenvalue weighted by molar-refractivity contribution is 0.386. The average Bonchev–Trinajstić information content (AvgIpc) is 2.68. The quantitative estimate of drug-likeness (QED) is 0.634. The normalized spacial score (nSPS) is 18.9. The van der Waals surface area contributed by atoms with Crippen molar-refractivity contribution in [3.05, 3.63) is 89.3 Å². The summed E-state index contributed by atoms with van der Waals surface area (Å²) in [5.41, 5.74) is 4.20. The van der Waals surface area contributed by atoms with E-state index in [0.29, 0.717) is 5.56 Å². The fourth-order valence-corrected chi connectivity index (χ4v) is 3.14. The van der Waals surface area contributed by atoms with Crippen molar-refractivity contribution < 1.29 is 9.13 Å². The third kappa shape index (κ3) is 4.27. The summed E-state index contributed by atoms with van der Waals surface area (Å²) >= 11 is 0. The van der Waals surface area contributed by atoms with Crippen molar-refractivity contribution in [1.29, 1.82) is 0 Å². The highest BCUT2D eigenvalue weighted by molar-refractivity contribution is 5.84. The molecule has 0 N–H and O–H groups in total. The molecule has 1 nitrogen and oxygen atoms in total. The van der Waals surface area contributed by atoms with Gasteiger partial charge < -0.3 is 4.74 Å². The molecular weight excluding hydrogens is 311 g/mol. The van der Waals surface area contributed by atoms with Crippen LogP contribution in [-0.4, -0.2) is 7.11 Å². The molecule has 2 heteroatoms. The van der Waals surface area contributed by atoms with E-state index in [0.717, 1.165) is 31.3 Å². The molecule has 0 saturated carbocycles. The van der Waals surface area contributed by atoms with Gasteiger partial charge in [0.1, 0.15) is 0 Å². The molecule has 0 heterocycles. The molecule has 2 aromatic carbocycles. The number of ether oxygens (including phenoxy) is 1. The van der Waals surface area contributed by atoms with E-state index in [9.17, 15) is 4.39 Å². The number of aryl methyl sites for hydroxylation is 1. The summed E-state index contributed by atoms with van der Waals surface area (Å²) in [6.45, 7) is 0. The Balaban J connectivity index is 2.08. The number of halogens is 1. The highest BCUT2D eigenvalue weighted by Gasteiger charge is 2.11. The molecule has 0 fully saturated rings. The molecule has 0 aromatic heterocycles. The Morgan fingerprint density at radius 3 is 2.72 bits per heavy atom. The van der Waals surface area contributed by atoms with Gasteiger partial charge in [-0.1, -0.05) is 60.7 Å². The van der Waals surface area contributed by atoms with Gasteiger partial charge in [0.2, 0.25) is 0 Å². The third-order valence-corrected chi connectivity index (χ3v) is 4.44. The molecule has 0 unspecified atom stereocenters. The maximum absolute atomic E-state index is 14.6.